The zero-order valence-electron chi connectivity index (χ0n) is 20.0. The average molecular weight is 528 g/mol. The number of carbonyl (C=O) groups is 2. The Kier molecular flexibility index (Phi) is 8.28. The molecule has 0 saturated carbocycles. The molecule has 0 bridgehead atoms. The smallest absolute Gasteiger partial charge is 0.345 e. The van der Waals surface area contributed by atoms with Crippen LogP contribution in [0.5, 0.6) is 0 Å². The molecular weight excluding hydrogens is 498 g/mol. The third-order valence-corrected chi connectivity index (χ3v) is 7.48. The lowest BCUT2D eigenvalue weighted by Gasteiger charge is -2.31. The maximum Gasteiger partial charge on any atom is 0.345 e. The lowest BCUT2D eigenvalue weighted by atomic mass is 10.0. The van der Waals surface area contributed by atoms with E-state index in [1.165, 1.54) is 36.5 Å². The fourth-order valence-corrected chi connectivity index (χ4v) is 5.39. The van der Waals surface area contributed by atoms with Crippen molar-refractivity contribution in [2.45, 2.75) is 42.5 Å². The van der Waals surface area contributed by atoms with Gasteiger partial charge in [-0.15, -0.1) is 0 Å². The largest absolute Gasteiger partial charge is 0.478 e. The van der Waals surface area contributed by atoms with E-state index in [0.717, 1.165) is 13.0 Å². The van der Waals surface area contributed by atoms with Crippen molar-refractivity contribution in [3.05, 3.63) is 60.3 Å². The van der Waals surface area contributed by atoms with Gasteiger partial charge < -0.3 is 10.4 Å². The summed E-state index contributed by atoms with van der Waals surface area (Å²) in [5.74, 6) is -2.27. The Hall–Kier alpha value is -3.65. The van der Waals surface area contributed by atoms with Crippen LogP contribution in [0.3, 0.4) is 0 Å². The van der Waals surface area contributed by atoms with Crippen molar-refractivity contribution in [1.82, 2.24) is 30.9 Å². The summed E-state index contributed by atoms with van der Waals surface area (Å²) in [6.07, 6.45) is 4.54. The van der Waals surface area contributed by atoms with Gasteiger partial charge in [0.2, 0.25) is 15.7 Å². The summed E-state index contributed by atoms with van der Waals surface area (Å²) in [6, 6.07) is 12.3. The lowest BCUT2D eigenvalue weighted by Crippen LogP contribution is -2.65. The van der Waals surface area contributed by atoms with E-state index in [1.807, 2.05) is 6.21 Å². The zero-order chi connectivity index (χ0) is 26.3. The predicted octanol–water partition coefficient (Wildman–Crippen LogP) is 1.16. The van der Waals surface area contributed by atoms with Gasteiger partial charge in [-0.25, -0.2) is 13.2 Å². The number of rotatable bonds is 12. The van der Waals surface area contributed by atoms with Crippen LogP contribution in [0, 0.1) is 0 Å². The van der Waals surface area contributed by atoms with Gasteiger partial charge in [-0.2, -0.15) is 9.82 Å². The van der Waals surface area contributed by atoms with Crippen molar-refractivity contribution in [1.29, 1.82) is 0 Å². The molecule has 2 aromatic carbocycles. The van der Waals surface area contributed by atoms with Crippen LogP contribution in [0.25, 0.3) is 10.9 Å². The van der Waals surface area contributed by atoms with Gasteiger partial charge in [-0.05, 0) is 56.5 Å². The molecule has 1 aliphatic heterocycles. The second kappa shape index (κ2) is 11.6. The number of aromatic amines is 1. The normalized spacial score (nSPS) is 17.4. The Bertz CT molecular complexity index is 1380. The SMILES string of the molecule is O=C(NC(CCCCNC1N=CCCN1)(NS(=O)(=O)c1ccccc1)C(=O)O)c1cccc2[nH]ncc12. The molecule has 6 N–H and O–H groups in total. The summed E-state index contributed by atoms with van der Waals surface area (Å²) in [5, 5.41) is 26.3. The van der Waals surface area contributed by atoms with Crippen LogP contribution in [0.15, 0.2) is 64.6 Å². The highest BCUT2D eigenvalue weighted by atomic mass is 32.2. The third kappa shape index (κ3) is 6.38. The Balaban J connectivity index is 1.56. The first-order chi connectivity index (χ1) is 17.8. The summed E-state index contributed by atoms with van der Waals surface area (Å²) in [7, 11) is -4.29. The molecule has 0 spiro atoms. The van der Waals surface area contributed by atoms with E-state index in [9.17, 15) is 23.1 Å². The van der Waals surface area contributed by atoms with Gasteiger partial charge in [0, 0.05) is 18.1 Å². The number of amides is 1. The number of aliphatic imine (C=N–C) groups is 1. The van der Waals surface area contributed by atoms with E-state index in [-0.39, 0.29) is 23.2 Å². The molecular formula is C24H29N7O5S. The van der Waals surface area contributed by atoms with E-state index < -0.39 is 27.6 Å². The average Bonchev–Trinajstić information content (AvgIpc) is 3.38. The number of hydrogen-bond acceptors (Lipinski definition) is 8. The van der Waals surface area contributed by atoms with Crippen molar-refractivity contribution in [2.24, 2.45) is 4.99 Å². The van der Waals surface area contributed by atoms with Crippen molar-refractivity contribution in [3.63, 3.8) is 0 Å². The Morgan fingerprint density at radius 3 is 2.65 bits per heavy atom. The van der Waals surface area contributed by atoms with Gasteiger partial charge in [-0.1, -0.05) is 24.3 Å². The number of unbranched alkanes of at least 4 members (excludes halogenated alkanes) is 1. The molecule has 1 aromatic heterocycles. The second-order valence-corrected chi connectivity index (χ2v) is 10.3. The summed E-state index contributed by atoms with van der Waals surface area (Å²) >= 11 is 0. The molecule has 2 unspecified atom stereocenters. The number of carboxylic acid groups (broad SMARTS) is 1. The molecule has 2 heterocycles. The number of benzene rings is 2. The molecule has 1 amide bonds. The quantitative estimate of drug-likeness (QED) is 0.150. The van der Waals surface area contributed by atoms with Gasteiger partial charge in [-0.3, -0.25) is 25.5 Å². The molecule has 12 nitrogen and oxygen atoms in total. The predicted molar refractivity (Wildman–Crippen MR) is 137 cm³/mol. The standard InChI is InChI=1S/C24H29N7O5S/c32-21(18-10-6-11-20-19(18)16-28-30-20)29-24(22(33)34,31-37(35,36)17-8-2-1-3-9-17)12-4-5-13-25-23-26-14-7-15-27-23/h1-3,6,8-11,14,16,23,25,27,31H,4-5,7,12-13,15H2,(H,28,30)(H,29,32)(H,33,34). The number of aliphatic carboxylic acids is 1. The monoisotopic (exact) mass is 527 g/mol. The molecule has 0 saturated heterocycles. The number of hydrogen-bond donors (Lipinski definition) is 6. The van der Waals surface area contributed by atoms with Crippen LogP contribution < -0.4 is 20.7 Å². The molecule has 196 valence electrons. The van der Waals surface area contributed by atoms with Crippen molar-refractivity contribution >= 4 is 39.0 Å². The van der Waals surface area contributed by atoms with Crippen LogP contribution in [0.1, 0.15) is 36.0 Å². The molecule has 3 aromatic rings. The first-order valence-corrected chi connectivity index (χ1v) is 13.3. The van der Waals surface area contributed by atoms with E-state index in [0.29, 0.717) is 30.3 Å². The molecule has 0 aliphatic carbocycles. The van der Waals surface area contributed by atoms with Crippen LogP contribution in [0.2, 0.25) is 0 Å². The number of carboxylic acids is 1. The minimum atomic E-state index is -4.29. The van der Waals surface area contributed by atoms with Gasteiger partial charge >= 0.3 is 5.97 Å². The molecule has 37 heavy (non-hydrogen) atoms. The van der Waals surface area contributed by atoms with Crippen LogP contribution in [-0.2, 0) is 14.8 Å². The minimum absolute atomic E-state index is 0.116. The number of H-pyrrole nitrogens is 1. The molecule has 4 rings (SSSR count). The van der Waals surface area contributed by atoms with E-state index in [2.05, 4.69) is 35.9 Å². The summed E-state index contributed by atoms with van der Waals surface area (Å²) in [6.45, 7) is 1.32. The number of nitrogens with zero attached hydrogens (tertiary/aromatic N) is 2. The van der Waals surface area contributed by atoms with Crippen LogP contribution in [-0.4, -0.2) is 66.9 Å². The number of nitrogens with one attached hydrogen (secondary N) is 5. The Morgan fingerprint density at radius 2 is 1.92 bits per heavy atom. The van der Waals surface area contributed by atoms with Gasteiger partial charge in [0.15, 0.2) is 6.29 Å². The number of sulfonamides is 1. The first-order valence-electron chi connectivity index (χ1n) is 11.9. The maximum atomic E-state index is 13.3. The van der Waals surface area contributed by atoms with E-state index in [4.69, 9.17) is 0 Å². The molecule has 1 aliphatic rings. The molecule has 13 heteroatoms. The maximum absolute atomic E-state index is 13.3. The summed E-state index contributed by atoms with van der Waals surface area (Å²) in [5.41, 5.74) is -1.54. The van der Waals surface area contributed by atoms with Gasteiger partial charge in [0.25, 0.3) is 5.91 Å². The van der Waals surface area contributed by atoms with Crippen molar-refractivity contribution in [2.75, 3.05) is 13.1 Å². The number of carbonyl (C=O) groups excluding carboxylic acids is 1. The zero-order valence-corrected chi connectivity index (χ0v) is 20.8. The molecule has 0 radical (unpaired) electrons. The highest BCUT2D eigenvalue weighted by molar-refractivity contribution is 7.89. The fourth-order valence-electron chi connectivity index (χ4n) is 4.05. The van der Waals surface area contributed by atoms with Crippen LogP contribution >= 0.6 is 0 Å². The summed E-state index contributed by atoms with van der Waals surface area (Å²) < 4.78 is 28.6. The van der Waals surface area contributed by atoms with Crippen molar-refractivity contribution < 1.29 is 23.1 Å². The minimum Gasteiger partial charge on any atom is -0.478 e. The summed E-state index contributed by atoms with van der Waals surface area (Å²) in [4.78, 5) is 30.1. The second-order valence-electron chi connectivity index (χ2n) is 8.61. The van der Waals surface area contributed by atoms with E-state index in [1.54, 1.807) is 18.2 Å². The molecule has 0 fully saturated rings. The highest BCUT2D eigenvalue weighted by Crippen LogP contribution is 2.21. The first kappa shape index (κ1) is 26.4. The van der Waals surface area contributed by atoms with Gasteiger partial charge in [0.05, 0.1) is 22.2 Å². The highest BCUT2D eigenvalue weighted by Gasteiger charge is 2.44. The van der Waals surface area contributed by atoms with E-state index >= 15 is 0 Å². The lowest BCUT2D eigenvalue weighted by molar-refractivity contribution is -0.145. The fraction of sp³-hybridized carbons (Fsp3) is 0.333. The number of aromatic nitrogens is 2. The third-order valence-electron chi connectivity index (χ3n) is 5.97. The Morgan fingerprint density at radius 1 is 1.11 bits per heavy atom. The van der Waals surface area contributed by atoms with Crippen LogP contribution in [0.4, 0.5) is 0 Å². The number of fused-ring (bicyclic) bond motifs is 1. The Labute approximate surface area is 214 Å². The van der Waals surface area contributed by atoms with Crippen molar-refractivity contribution in [3.8, 4) is 0 Å². The topological polar surface area (TPSA) is 178 Å². The van der Waals surface area contributed by atoms with Gasteiger partial charge in [0.1, 0.15) is 0 Å². The molecule has 2 atom stereocenters.